The van der Waals surface area contributed by atoms with Crippen LogP contribution in [-0.4, -0.2) is 35.2 Å². The third kappa shape index (κ3) is 5.45. The van der Waals surface area contributed by atoms with E-state index in [0.29, 0.717) is 6.04 Å². The maximum absolute atomic E-state index is 12.3. The molecule has 4 nitrogen and oxygen atoms in total. The van der Waals surface area contributed by atoms with E-state index < -0.39 is 5.60 Å². The van der Waals surface area contributed by atoms with Gasteiger partial charge in [-0.3, -0.25) is 0 Å². The molecule has 1 aromatic rings. The first kappa shape index (κ1) is 17.6. The molecule has 1 aliphatic rings. The van der Waals surface area contributed by atoms with Gasteiger partial charge < -0.3 is 15.0 Å². The van der Waals surface area contributed by atoms with Crippen LogP contribution in [0, 0.1) is 6.92 Å². The molecule has 2 rings (SSSR count). The summed E-state index contributed by atoms with van der Waals surface area (Å²) in [4.78, 5) is 14.2. The summed E-state index contributed by atoms with van der Waals surface area (Å²) in [6, 6.07) is 9.00. The Balaban J connectivity index is 1.90. The van der Waals surface area contributed by atoms with Crippen LogP contribution in [0.5, 0.6) is 0 Å². The summed E-state index contributed by atoms with van der Waals surface area (Å²) in [5.74, 6) is 0. The van der Waals surface area contributed by atoms with Crippen molar-refractivity contribution < 1.29 is 9.53 Å². The first-order chi connectivity index (χ1) is 10.7. The average molecular weight is 318 g/mol. The highest BCUT2D eigenvalue weighted by Gasteiger charge is 2.32. The van der Waals surface area contributed by atoms with Gasteiger partial charge in [-0.2, -0.15) is 0 Å². The van der Waals surface area contributed by atoms with Crippen LogP contribution >= 0.6 is 0 Å². The Hall–Kier alpha value is -1.71. The Morgan fingerprint density at radius 1 is 1.35 bits per heavy atom. The average Bonchev–Trinajstić information content (AvgIpc) is 2.87. The maximum Gasteiger partial charge on any atom is 0.410 e. The number of rotatable bonds is 4. The Morgan fingerprint density at radius 2 is 2.00 bits per heavy atom. The standard InChI is InChI=1S/C19H30N2O2/c1-14-8-10-16(11-9-14)20-15(2)13-17-7-6-12-21(17)18(22)23-19(3,4)5/h8-11,15,17,20H,6-7,12-13H2,1-5H3. The van der Waals surface area contributed by atoms with E-state index in [4.69, 9.17) is 4.74 Å². The molecule has 0 aromatic heterocycles. The van der Waals surface area contributed by atoms with Crippen LogP contribution in [-0.2, 0) is 4.74 Å². The van der Waals surface area contributed by atoms with E-state index in [2.05, 4.69) is 43.4 Å². The minimum Gasteiger partial charge on any atom is -0.444 e. The minimum absolute atomic E-state index is 0.178. The molecule has 1 amide bonds. The molecule has 2 atom stereocenters. The highest BCUT2D eigenvalue weighted by molar-refractivity contribution is 5.69. The van der Waals surface area contributed by atoms with Crippen LogP contribution in [0.3, 0.4) is 0 Å². The fourth-order valence-corrected chi connectivity index (χ4v) is 3.04. The van der Waals surface area contributed by atoms with Crippen molar-refractivity contribution in [1.29, 1.82) is 0 Å². The van der Waals surface area contributed by atoms with Gasteiger partial charge in [0.2, 0.25) is 0 Å². The molecule has 1 fully saturated rings. The van der Waals surface area contributed by atoms with Crippen LogP contribution in [0.1, 0.15) is 52.5 Å². The lowest BCUT2D eigenvalue weighted by Gasteiger charge is -2.30. The van der Waals surface area contributed by atoms with Crippen molar-refractivity contribution >= 4 is 11.8 Å². The second-order valence-corrected chi connectivity index (χ2v) is 7.62. The maximum atomic E-state index is 12.3. The van der Waals surface area contributed by atoms with E-state index in [-0.39, 0.29) is 12.1 Å². The highest BCUT2D eigenvalue weighted by atomic mass is 16.6. The zero-order valence-corrected chi connectivity index (χ0v) is 15.1. The van der Waals surface area contributed by atoms with E-state index in [1.807, 2.05) is 25.7 Å². The van der Waals surface area contributed by atoms with Gasteiger partial charge in [-0.05, 0) is 66.0 Å². The molecule has 0 saturated carbocycles. The van der Waals surface area contributed by atoms with Gasteiger partial charge in [-0.1, -0.05) is 17.7 Å². The molecular formula is C19H30N2O2. The van der Waals surface area contributed by atoms with Crippen LogP contribution in [0.2, 0.25) is 0 Å². The lowest BCUT2D eigenvalue weighted by molar-refractivity contribution is 0.0218. The monoisotopic (exact) mass is 318 g/mol. The zero-order valence-electron chi connectivity index (χ0n) is 15.1. The van der Waals surface area contributed by atoms with Crippen LogP contribution < -0.4 is 5.32 Å². The summed E-state index contributed by atoms with van der Waals surface area (Å²) in [6.45, 7) is 10.8. The van der Waals surface area contributed by atoms with Gasteiger partial charge >= 0.3 is 6.09 Å². The van der Waals surface area contributed by atoms with Crippen molar-refractivity contribution in [2.45, 2.75) is 71.6 Å². The SMILES string of the molecule is Cc1ccc(NC(C)CC2CCCN2C(=O)OC(C)(C)C)cc1. The van der Waals surface area contributed by atoms with Crippen molar-refractivity contribution in [3.05, 3.63) is 29.8 Å². The third-order valence-corrected chi connectivity index (χ3v) is 4.10. The number of benzene rings is 1. The van der Waals surface area contributed by atoms with E-state index in [1.54, 1.807) is 0 Å². The summed E-state index contributed by atoms with van der Waals surface area (Å²) < 4.78 is 5.53. The van der Waals surface area contributed by atoms with Crippen molar-refractivity contribution in [3.63, 3.8) is 0 Å². The summed E-state index contributed by atoms with van der Waals surface area (Å²) in [5, 5.41) is 3.52. The number of likely N-dealkylation sites (tertiary alicyclic amines) is 1. The van der Waals surface area contributed by atoms with Gasteiger partial charge in [-0.25, -0.2) is 4.79 Å². The number of carbonyl (C=O) groups is 1. The smallest absolute Gasteiger partial charge is 0.410 e. The first-order valence-corrected chi connectivity index (χ1v) is 8.57. The fourth-order valence-electron chi connectivity index (χ4n) is 3.04. The van der Waals surface area contributed by atoms with Gasteiger partial charge in [0.15, 0.2) is 0 Å². The molecule has 1 saturated heterocycles. The van der Waals surface area contributed by atoms with E-state index in [0.717, 1.165) is 31.5 Å². The Labute approximate surface area is 140 Å². The van der Waals surface area contributed by atoms with E-state index in [1.165, 1.54) is 5.56 Å². The molecule has 0 aliphatic carbocycles. The molecule has 1 N–H and O–H groups in total. The number of anilines is 1. The van der Waals surface area contributed by atoms with Gasteiger partial charge in [0.1, 0.15) is 5.60 Å². The zero-order chi connectivity index (χ0) is 17.0. The molecule has 0 radical (unpaired) electrons. The Kier molecular flexibility index (Phi) is 5.55. The molecule has 1 heterocycles. The number of carbonyl (C=O) groups excluding carboxylic acids is 1. The first-order valence-electron chi connectivity index (χ1n) is 8.57. The van der Waals surface area contributed by atoms with Gasteiger partial charge in [0, 0.05) is 24.3 Å². The van der Waals surface area contributed by atoms with Gasteiger partial charge in [0.05, 0.1) is 0 Å². The summed E-state index contributed by atoms with van der Waals surface area (Å²) in [7, 11) is 0. The predicted molar refractivity (Wildman–Crippen MR) is 94.8 cm³/mol. The number of nitrogens with zero attached hydrogens (tertiary/aromatic N) is 1. The minimum atomic E-state index is -0.435. The van der Waals surface area contributed by atoms with Gasteiger partial charge in [-0.15, -0.1) is 0 Å². The molecule has 0 spiro atoms. The summed E-state index contributed by atoms with van der Waals surface area (Å²) >= 11 is 0. The number of nitrogens with one attached hydrogen (secondary N) is 1. The number of aryl methyl sites for hydroxylation is 1. The lowest BCUT2D eigenvalue weighted by atomic mass is 10.1. The number of hydrogen-bond donors (Lipinski definition) is 1. The second-order valence-electron chi connectivity index (χ2n) is 7.62. The fraction of sp³-hybridized carbons (Fsp3) is 0.632. The van der Waals surface area contributed by atoms with E-state index >= 15 is 0 Å². The molecule has 1 aromatic carbocycles. The Bertz CT molecular complexity index is 519. The quantitative estimate of drug-likeness (QED) is 0.883. The van der Waals surface area contributed by atoms with E-state index in [9.17, 15) is 4.79 Å². The number of hydrogen-bond acceptors (Lipinski definition) is 3. The topological polar surface area (TPSA) is 41.6 Å². The summed E-state index contributed by atoms with van der Waals surface area (Å²) in [5.41, 5.74) is 1.95. The normalized spacial score (nSPS) is 19.5. The Morgan fingerprint density at radius 3 is 2.61 bits per heavy atom. The van der Waals surface area contributed by atoms with Crippen molar-refractivity contribution in [1.82, 2.24) is 4.90 Å². The number of amides is 1. The largest absolute Gasteiger partial charge is 0.444 e. The van der Waals surface area contributed by atoms with Crippen LogP contribution in [0.25, 0.3) is 0 Å². The van der Waals surface area contributed by atoms with Crippen molar-refractivity contribution in [2.75, 3.05) is 11.9 Å². The molecule has 2 unspecified atom stereocenters. The third-order valence-electron chi connectivity index (χ3n) is 4.10. The summed E-state index contributed by atoms with van der Waals surface area (Å²) in [6.07, 6.45) is 2.87. The van der Waals surface area contributed by atoms with Crippen molar-refractivity contribution in [2.24, 2.45) is 0 Å². The lowest BCUT2D eigenvalue weighted by Crippen LogP contribution is -2.41. The predicted octanol–water partition coefficient (Wildman–Crippen LogP) is 4.59. The molecule has 1 aliphatic heterocycles. The molecule has 0 bridgehead atoms. The second kappa shape index (κ2) is 7.24. The van der Waals surface area contributed by atoms with Crippen molar-refractivity contribution in [3.8, 4) is 0 Å². The molecule has 128 valence electrons. The van der Waals surface area contributed by atoms with Gasteiger partial charge in [0.25, 0.3) is 0 Å². The van der Waals surface area contributed by atoms with Crippen LogP contribution in [0.4, 0.5) is 10.5 Å². The molecule has 23 heavy (non-hydrogen) atoms. The van der Waals surface area contributed by atoms with Crippen LogP contribution in [0.15, 0.2) is 24.3 Å². The highest BCUT2D eigenvalue weighted by Crippen LogP contribution is 2.25. The number of ether oxygens (including phenoxy) is 1. The molecular weight excluding hydrogens is 288 g/mol. The molecule has 4 heteroatoms.